The van der Waals surface area contributed by atoms with E-state index in [0.29, 0.717) is 6.54 Å². The zero-order valence-corrected chi connectivity index (χ0v) is 21.4. The molecule has 0 aliphatic carbocycles. The Morgan fingerprint density at radius 2 is 1.94 bits per heavy atom. The molecule has 0 saturated carbocycles. The van der Waals surface area contributed by atoms with Gasteiger partial charge in [0.15, 0.2) is 0 Å². The molecule has 1 amide bonds. The summed E-state index contributed by atoms with van der Waals surface area (Å²) in [6.45, 7) is 18.9. The fraction of sp³-hybridized carbons (Fsp3) is 0.667. The maximum absolute atomic E-state index is 12.6. The Labute approximate surface area is 200 Å². The number of benzene rings is 1. The van der Waals surface area contributed by atoms with Gasteiger partial charge in [-0.2, -0.15) is 0 Å². The van der Waals surface area contributed by atoms with Gasteiger partial charge in [0.1, 0.15) is 5.60 Å². The molecule has 2 aliphatic heterocycles. The molecule has 2 fully saturated rings. The number of hydrogen-bond acceptors (Lipinski definition) is 5. The molecule has 6 heteroatoms. The number of aryl methyl sites for hydroxylation is 1. The number of nitrogens with zero attached hydrogens (tertiary/aromatic N) is 3. The molecule has 2 heterocycles. The van der Waals surface area contributed by atoms with Crippen LogP contribution in [0.3, 0.4) is 0 Å². The van der Waals surface area contributed by atoms with Crippen LogP contribution in [-0.4, -0.2) is 80.0 Å². The molecule has 3 rings (SSSR count). The number of anilines is 1. The van der Waals surface area contributed by atoms with Crippen LogP contribution >= 0.6 is 0 Å². The summed E-state index contributed by atoms with van der Waals surface area (Å²) in [4.78, 5) is 19.2. The fourth-order valence-corrected chi connectivity index (χ4v) is 4.62. The molecule has 6 nitrogen and oxygen atoms in total. The third kappa shape index (κ3) is 6.88. The van der Waals surface area contributed by atoms with Gasteiger partial charge in [-0.05, 0) is 70.7 Å². The van der Waals surface area contributed by atoms with E-state index in [0.717, 1.165) is 64.3 Å². The summed E-state index contributed by atoms with van der Waals surface area (Å²) >= 11 is 0. The maximum Gasteiger partial charge on any atom is 0.410 e. The van der Waals surface area contributed by atoms with Gasteiger partial charge in [-0.3, -0.25) is 4.90 Å². The van der Waals surface area contributed by atoms with E-state index in [1.54, 1.807) is 0 Å². The summed E-state index contributed by atoms with van der Waals surface area (Å²) in [5, 5.41) is 0. The van der Waals surface area contributed by atoms with Crippen molar-refractivity contribution >= 4 is 11.8 Å². The number of likely N-dealkylation sites (tertiary alicyclic amines) is 1. The first kappa shape index (κ1) is 25.4. The van der Waals surface area contributed by atoms with E-state index in [1.165, 1.54) is 16.8 Å². The van der Waals surface area contributed by atoms with Gasteiger partial charge in [0.05, 0.1) is 19.8 Å². The number of amides is 1. The van der Waals surface area contributed by atoms with Crippen LogP contribution < -0.4 is 4.90 Å². The predicted molar refractivity (Wildman–Crippen MR) is 134 cm³/mol. The summed E-state index contributed by atoms with van der Waals surface area (Å²) in [5.41, 5.74) is 4.49. The van der Waals surface area contributed by atoms with Crippen LogP contribution in [0.1, 0.15) is 57.7 Å². The summed E-state index contributed by atoms with van der Waals surface area (Å²) in [5.74, 6) is 6.78. The van der Waals surface area contributed by atoms with Crippen molar-refractivity contribution in [3.05, 3.63) is 28.8 Å². The Morgan fingerprint density at radius 3 is 2.58 bits per heavy atom. The average Bonchev–Trinajstić information content (AvgIpc) is 3.26. The quantitative estimate of drug-likeness (QED) is 0.626. The van der Waals surface area contributed by atoms with Crippen LogP contribution in [0.15, 0.2) is 12.1 Å². The fourth-order valence-electron chi connectivity index (χ4n) is 4.62. The smallest absolute Gasteiger partial charge is 0.410 e. The number of likely N-dealkylation sites (N-methyl/N-ethyl adjacent to an activating group) is 1. The summed E-state index contributed by atoms with van der Waals surface area (Å²) in [6, 6.07) is 4.75. The van der Waals surface area contributed by atoms with Gasteiger partial charge in [-0.1, -0.05) is 18.8 Å². The van der Waals surface area contributed by atoms with E-state index in [1.807, 2.05) is 25.7 Å². The van der Waals surface area contributed by atoms with Gasteiger partial charge in [-0.15, -0.1) is 0 Å². The van der Waals surface area contributed by atoms with Crippen molar-refractivity contribution in [3.8, 4) is 11.8 Å². The number of rotatable bonds is 5. The maximum atomic E-state index is 12.6. The first-order valence-corrected chi connectivity index (χ1v) is 12.4. The second-order valence-corrected chi connectivity index (χ2v) is 9.98. The molecule has 0 spiro atoms. The highest BCUT2D eigenvalue weighted by Gasteiger charge is 2.33. The lowest BCUT2D eigenvalue weighted by Gasteiger charge is -2.32. The molecular weight excluding hydrogens is 414 g/mol. The van der Waals surface area contributed by atoms with Crippen molar-refractivity contribution < 1.29 is 14.3 Å². The van der Waals surface area contributed by atoms with Crippen LogP contribution in [0.5, 0.6) is 0 Å². The molecule has 1 aromatic rings. The Morgan fingerprint density at radius 1 is 1.21 bits per heavy atom. The Kier molecular flexibility index (Phi) is 8.67. The second kappa shape index (κ2) is 11.3. The molecule has 2 aliphatic rings. The number of carbonyl (C=O) groups is 1. The molecule has 1 aromatic carbocycles. The second-order valence-electron chi connectivity index (χ2n) is 9.98. The number of hydrogen-bond donors (Lipinski definition) is 0. The van der Waals surface area contributed by atoms with Crippen LogP contribution in [0, 0.1) is 18.8 Å². The van der Waals surface area contributed by atoms with E-state index in [9.17, 15) is 4.79 Å². The summed E-state index contributed by atoms with van der Waals surface area (Å²) in [6.07, 6.45) is 1.71. The molecular formula is C27H41N3O3. The lowest BCUT2D eigenvalue weighted by atomic mass is 9.99. The van der Waals surface area contributed by atoms with Crippen LogP contribution in [0.25, 0.3) is 0 Å². The Bertz CT molecular complexity index is 875. The topological polar surface area (TPSA) is 45.2 Å². The van der Waals surface area contributed by atoms with Gasteiger partial charge in [0.2, 0.25) is 0 Å². The van der Waals surface area contributed by atoms with Gasteiger partial charge >= 0.3 is 6.09 Å². The van der Waals surface area contributed by atoms with Crippen LogP contribution in [-0.2, 0) is 15.9 Å². The van der Waals surface area contributed by atoms with E-state index in [-0.39, 0.29) is 12.1 Å². The van der Waals surface area contributed by atoms with Crippen LogP contribution in [0.2, 0.25) is 0 Å². The average molecular weight is 456 g/mol. The third-order valence-corrected chi connectivity index (χ3v) is 6.41. The predicted octanol–water partition coefficient (Wildman–Crippen LogP) is 4.08. The molecule has 0 radical (unpaired) electrons. The number of carbonyl (C=O) groups excluding carboxylic acids is 1. The number of morpholine rings is 1. The zero-order valence-electron chi connectivity index (χ0n) is 21.4. The van der Waals surface area contributed by atoms with Crippen molar-refractivity contribution in [2.45, 2.75) is 66.0 Å². The van der Waals surface area contributed by atoms with Crippen molar-refractivity contribution in [1.82, 2.24) is 9.80 Å². The van der Waals surface area contributed by atoms with Gasteiger partial charge in [0, 0.05) is 50.0 Å². The van der Waals surface area contributed by atoms with E-state index in [4.69, 9.17) is 9.47 Å². The van der Waals surface area contributed by atoms with Crippen molar-refractivity contribution in [1.29, 1.82) is 0 Å². The van der Waals surface area contributed by atoms with Gasteiger partial charge < -0.3 is 19.3 Å². The molecule has 0 aromatic heterocycles. The zero-order chi connectivity index (χ0) is 24.0. The lowest BCUT2D eigenvalue weighted by Crippen LogP contribution is -2.41. The first-order valence-electron chi connectivity index (χ1n) is 12.4. The molecule has 1 unspecified atom stereocenters. The number of ether oxygens (including phenoxy) is 2. The third-order valence-electron chi connectivity index (χ3n) is 6.41. The normalized spacial score (nSPS) is 19.2. The highest BCUT2D eigenvalue weighted by atomic mass is 16.6. The van der Waals surface area contributed by atoms with Crippen molar-refractivity contribution in [2.75, 3.05) is 57.4 Å². The largest absolute Gasteiger partial charge is 0.444 e. The SMILES string of the molecule is CCc1cc(C#CCN2CCOCC2)cc(N(CC)C2CCN(C(=O)OC(C)(C)C)C2)c1C. The van der Waals surface area contributed by atoms with Crippen molar-refractivity contribution in [3.63, 3.8) is 0 Å². The molecule has 182 valence electrons. The highest BCUT2D eigenvalue weighted by Crippen LogP contribution is 2.30. The van der Waals surface area contributed by atoms with E-state index in [2.05, 4.69) is 54.5 Å². The molecule has 2 saturated heterocycles. The summed E-state index contributed by atoms with van der Waals surface area (Å²) in [7, 11) is 0. The molecule has 0 bridgehead atoms. The molecule has 0 N–H and O–H groups in total. The first-order chi connectivity index (χ1) is 15.7. The molecule has 1 atom stereocenters. The van der Waals surface area contributed by atoms with Crippen molar-refractivity contribution in [2.24, 2.45) is 0 Å². The lowest BCUT2D eigenvalue weighted by molar-refractivity contribution is 0.0292. The van der Waals surface area contributed by atoms with E-state index < -0.39 is 5.60 Å². The minimum absolute atomic E-state index is 0.213. The Balaban J connectivity index is 1.77. The standard InChI is InChI=1S/C27H41N3O3/c1-7-23-18-22(10-9-12-28-14-16-32-17-15-28)19-25(21(23)3)30(8-2)24-11-13-29(20-24)26(31)33-27(4,5)6/h18-19,24H,7-8,11-17,20H2,1-6H3. The van der Waals surface area contributed by atoms with Crippen LogP contribution in [0.4, 0.5) is 10.5 Å². The van der Waals surface area contributed by atoms with Gasteiger partial charge in [0.25, 0.3) is 0 Å². The minimum Gasteiger partial charge on any atom is -0.444 e. The summed E-state index contributed by atoms with van der Waals surface area (Å²) < 4.78 is 11.0. The van der Waals surface area contributed by atoms with Gasteiger partial charge in [-0.25, -0.2) is 4.79 Å². The molecule has 33 heavy (non-hydrogen) atoms. The minimum atomic E-state index is -0.472. The highest BCUT2D eigenvalue weighted by molar-refractivity contribution is 5.69. The monoisotopic (exact) mass is 455 g/mol. The Hall–Kier alpha value is -2.23. The van der Waals surface area contributed by atoms with E-state index >= 15 is 0 Å².